The number of aliphatic carboxylic acids is 1. The van der Waals surface area contributed by atoms with Gasteiger partial charge >= 0.3 is 5.97 Å². The maximum atomic E-state index is 13.2. The summed E-state index contributed by atoms with van der Waals surface area (Å²) in [4.78, 5) is 11.2. The van der Waals surface area contributed by atoms with Crippen molar-refractivity contribution < 1.29 is 14.3 Å². The van der Waals surface area contributed by atoms with Crippen molar-refractivity contribution in [1.29, 1.82) is 0 Å². The minimum absolute atomic E-state index is 0.281. The Kier molecular flexibility index (Phi) is 3.88. The molecular weight excluding hydrogens is 221 g/mol. The van der Waals surface area contributed by atoms with Gasteiger partial charge in [-0.3, -0.25) is 4.79 Å². The number of carboxylic acid groups (broad SMARTS) is 1. The van der Waals surface area contributed by atoms with Crippen LogP contribution in [0.15, 0.2) is 18.2 Å². The number of carbonyl (C=O) groups is 1. The minimum Gasteiger partial charge on any atom is -0.481 e. The normalized spacial score (nSPS) is 13.5. The summed E-state index contributed by atoms with van der Waals surface area (Å²) in [5.74, 6) is -1.17. The number of hydrogen-bond donors (Lipinski definition) is 2. The van der Waals surface area contributed by atoms with Crippen LogP contribution in [0.25, 0.3) is 0 Å². The fourth-order valence-corrected chi connectivity index (χ4v) is 1.92. The Hall–Kier alpha value is -1.42. The molecule has 3 nitrogen and oxygen atoms in total. The van der Waals surface area contributed by atoms with Crippen molar-refractivity contribution in [2.45, 2.75) is 26.8 Å². The van der Waals surface area contributed by atoms with Crippen molar-refractivity contribution in [2.24, 2.45) is 5.41 Å². The molecule has 0 radical (unpaired) electrons. The summed E-state index contributed by atoms with van der Waals surface area (Å²) in [6, 6.07) is 4.31. The fourth-order valence-electron chi connectivity index (χ4n) is 1.92. The van der Waals surface area contributed by atoms with E-state index >= 15 is 0 Å². The smallest absolute Gasteiger partial charge is 0.311 e. The van der Waals surface area contributed by atoms with E-state index < -0.39 is 11.4 Å². The molecule has 1 aromatic rings. The summed E-state index contributed by atoms with van der Waals surface area (Å²) < 4.78 is 13.2. The summed E-state index contributed by atoms with van der Waals surface area (Å²) in [6.07, 6.45) is 0. The highest BCUT2D eigenvalue weighted by molar-refractivity contribution is 5.75. The molecule has 0 aliphatic carbocycles. The fraction of sp³-hybridized carbons (Fsp3) is 0.462. The van der Waals surface area contributed by atoms with E-state index in [1.165, 1.54) is 6.07 Å². The van der Waals surface area contributed by atoms with Crippen molar-refractivity contribution in [3.8, 4) is 0 Å². The lowest BCUT2D eigenvalue weighted by molar-refractivity contribution is -0.148. The molecule has 0 saturated carbocycles. The molecule has 4 heteroatoms. The van der Waals surface area contributed by atoms with E-state index in [0.717, 1.165) is 5.56 Å². The van der Waals surface area contributed by atoms with Crippen molar-refractivity contribution in [3.63, 3.8) is 0 Å². The molecule has 0 fully saturated rings. The van der Waals surface area contributed by atoms with Crippen molar-refractivity contribution in [1.82, 2.24) is 5.32 Å². The predicted octanol–water partition coefficient (Wildman–Crippen LogP) is 2.51. The second kappa shape index (κ2) is 4.84. The molecule has 0 bridgehead atoms. The molecule has 1 atom stereocenters. The Morgan fingerprint density at radius 3 is 2.47 bits per heavy atom. The van der Waals surface area contributed by atoms with E-state index in [2.05, 4.69) is 5.32 Å². The second-order valence-corrected chi connectivity index (χ2v) is 4.76. The molecule has 0 aliphatic rings. The molecule has 0 spiro atoms. The van der Waals surface area contributed by atoms with Crippen LogP contribution in [0.1, 0.15) is 31.0 Å². The lowest BCUT2D eigenvalue weighted by Gasteiger charge is -2.30. The molecule has 17 heavy (non-hydrogen) atoms. The zero-order chi connectivity index (χ0) is 13.2. The van der Waals surface area contributed by atoms with Gasteiger partial charge < -0.3 is 10.4 Å². The zero-order valence-corrected chi connectivity index (χ0v) is 10.5. The van der Waals surface area contributed by atoms with Gasteiger partial charge in [0.2, 0.25) is 0 Å². The first-order valence-electron chi connectivity index (χ1n) is 5.47. The predicted molar refractivity (Wildman–Crippen MR) is 64.4 cm³/mol. The van der Waals surface area contributed by atoms with Crippen molar-refractivity contribution >= 4 is 5.97 Å². The van der Waals surface area contributed by atoms with Crippen LogP contribution >= 0.6 is 0 Å². The maximum absolute atomic E-state index is 13.2. The molecule has 1 rings (SSSR count). The molecule has 0 saturated heterocycles. The molecule has 2 N–H and O–H groups in total. The monoisotopic (exact) mass is 239 g/mol. The molecule has 1 unspecified atom stereocenters. The number of halogens is 1. The van der Waals surface area contributed by atoms with Crippen LogP contribution in [0, 0.1) is 18.2 Å². The highest BCUT2D eigenvalue weighted by Crippen LogP contribution is 2.33. The largest absolute Gasteiger partial charge is 0.481 e. The van der Waals surface area contributed by atoms with Gasteiger partial charge in [0.05, 0.1) is 5.41 Å². The van der Waals surface area contributed by atoms with Crippen LogP contribution in [0.5, 0.6) is 0 Å². The summed E-state index contributed by atoms with van der Waals surface area (Å²) in [5.41, 5.74) is 0.335. The van der Waals surface area contributed by atoms with E-state index in [0.29, 0.717) is 5.56 Å². The van der Waals surface area contributed by atoms with E-state index in [4.69, 9.17) is 0 Å². The van der Waals surface area contributed by atoms with Gasteiger partial charge in [0, 0.05) is 6.04 Å². The number of rotatable bonds is 4. The van der Waals surface area contributed by atoms with Crippen LogP contribution in [0.3, 0.4) is 0 Å². The topological polar surface area (TPSA) is 49.3 Å². The molecule has 1 aromatic carbocycles. The van der Waals surface area contributed by atoms with Gasteiger partial charge in [0.1, 0.15) is 5.82 Å². The second-order valence-electron chi connectivity index (χ2n) is 4.76. The van der Waals surface area contributed by atoms with Crippen LogP contribution in [0.4, 0.5) is 4.39 Å². The Balaban J connectivity index is 3.18. The molecular formula is C13H18FNO2. The van der Waals surface area contributed by atoms with E-state index in [-0.39, 0.29) is 11.9 Å². The molecule has 0 aromatic heterocycles. The van der Waals surface area contributed by atoms with Crippen LogP contribution in [-0.2, 0) is 4.79 Å². The number of benzene rings is 1. The summed E-state index contributed by atoms with van der Waals surface area (Å²) in [6.45, 7) is 4.96. The molecule has 0 heterocycles. The Morgan fingerprint density at radius 2 is 2.06 bits per heavy atom. The van der Waals surface area contributed by atoms with Gasteiger partial charge in [-0.25, -0.2) is 4.39 Å². The number of hydrogen-bond acceptors (Lipinski definition) is 2. The molecule has 0 aliphatic heterocycles. The van der Waals surface area contributed by atoms with Gasteiger partial charge in [-0.2, -0.15) is 0 Å². The first-order chi connectivity index (χ1) is 7.80. The lowest BCUT2D eigenvalue weighted by Crippen LogP contribution is -2.38. The Morgan fingerprint density at radius 1 is 1.47 bits per heavy atom. The first kappa shape index (κ1) is 13.6. The quantitative estimate of drug-likeness (QED) is 0.848. The van der Waals surface area contributed by atoms with Gasteiger partial charge in [-0.05, 0) is 45.0 Å². The standard InChI is InChI=1S/C13H18FNO2/c1-8-7-9(5-6-10(8)14)11(15-4)13(2,3)12(16)17/h5-7,11,15H,1-4H3,(H,16,17). The SMILES string of the molecule is CNC(c1ccc(F)c(C)c1)C(C)(C)C(=O)O. The van der Waals surface area contributed by atoms with Gasteiger partial charge in [0.15, 0.2) is 0 Å². The third-order valence-electron chi connectivity index (χ3n) is 3.08. The maximum Gasteiger partial charge on any atom is 0.311 e. The average molecular weight is 239 g/mol. The van der Waals surface area contributed by atoms with Crippen molar-refractivity contribution in [3.05, 3.63) is 35.1 Å². The molecule has 94 valence electrons. The molecule has 0 amide bonds. The lowest BCUT2D eigenvalue weighted by atomic mass is 9.80. The highest BCUT2D eigenvalue weighted by atomic mass is 19.1. The van der Waals surface area contributed by atoms with E-state index in [9.17, 15) is 14.3 Å². The average Bonchev–Trinajstić information content (AvgIpc) is 2.23. The van der Waals surface area contributed by atoms with Gasteiger partial charge in [-0.15, -0.1) is 0 Å². The third-order valence-corrected chi connectivity index (χ3v) is 3.08. The number of nitrogens with one attached hydrogen (secondary N) is 1. The van der Waals surface area contributed by atoms with Gasteiger partial charge in [-0.1, -0.05) is 12.1 Å². The van der Waals surface area contributed by atoms with Crippen LogP contribution in [0.2, 0.25) is 0 Å². The van der Waals surface area contributed by atoms with E-state index in [1.54, 1.807) is 40.0 Å². The third kappa shape index (κ3) is 2.64. The Bertz CT molecular complexity index is 429. The summed E-state index contributed by atoms with van der Waals surface area (Å²) in [7, 11) is 1.70. The van der Waals surface area contributed by atoms with Crippen LogP contribution < -0.4 is 5.32 Å². The first-order valence-corrected chi connectivity index (χ1v) is 5.47. The Labute approximate surface area is 101 Å². The highest BCUT2D eigenvalue weighted by Gasteiger charge is 2.37. The number of aryl methyl sites for hydroxylation is 1. The summed E-state index contributed by atoms with van der Waals surface area (Å²) in [5, 5.41) is 12.2. The van der Waals surface area contributed by atoms with E-state index in [1.807, 2.05) is 0 Å². The minimum atomic E-state index is -0.959. The van der Waals surface area contributed by atoms with Gasteiger partial charge in [0.25, 0.3) is 0 Å². The zero-order valence-electron chi connectivity index (χ0n) is 10.5. The van der Waals surface area contributed by atoms with Crippen LogP contribution in [-0.4, -0.2) is 18.1 Å². The number of carboxylic acids is 1. The van der Waals surface area contributed by atoms with Crippen molar-refractivity contribution in [2.75, 3.05) is 7.05 Å². The summed E-state index contributed by atoms with van der Waals surface area (Å²) >= 11 is 0.